The van der Waals surface area contributed by atoms with Gasteiger partial charge in [-0.1, -0.05) is 25.1 Å². The highest BCUT2D eigenvalue weighted by molar-refractivity contribution is 5.82. The Bertz CT molecular complexity index is 575. The van der Waals surface area contributed by atoms with Crippen LogP contribution >= 0.6 is 0 Å². The van der Waals surface area contributed by atoms with E-state index in [2.05, 4.69) is 48.2 Å². The summed E-state index contributed by atoms with van der Waals surface area (Å²) >= 11 is 0. The van der Waals surface area contributed by atoms with Crippen LogP contribution in [0.4, 0.5) is 0 Å². The molecule has 0 saturated heterocycles. The van der Waals surface area contributed by atoms with E-state index in [9.17, 15) is 0 Å². The molecule has 4 heteroatoms. The molecule has 0 radical (unpaired) electrons. The van der Waals surface area contributed by atoms with E-state index in [0.29, 0.717) is 12.0 Å². The molecule has 3 atom stereocenters. The van der Waals surface area contributed by atoms with E-state index in [0.717, 1.165) is 18.9 Å². The number of aromatic nitrogens is 2. The molecular weight excluding hydrogens is 236 g/mol. The average molecular weight is 258 g/mol. The van der Waals surface area contributed by atoms with E-state index >= 15 is 0 Å². The van der Waals surface area contributed by atoms with Gasteiger partial charge in [-0.3, -0.25) is 16.0 Å². The molecule has 1 heterocycles. The van der Waals surface area contributed by atoms with Gasteiger partial charge in [-0.15, -0.1) is 0 Å². The van der Waals surface area contributed by atoms with Gasteiger partial charge >= 0.3 is 0 Å². The van der Waals surface area contributed by atoms with Crippen LogP contribution in [0.5, 0.6) is 0 Å². The lowest BCUT2D eigenvalue weighted by molar-refractivity contribution is 0.449. The maximum Gasteiger partial charge on any atom is 0.0719 e. The summed E-state index contributed by atoms with van der Waals surface area (Å²) in [4.78, 5) is 0. The van der Waals surface area contributed by atoms with Gasteiger partial charge in [0.25, 0.3) is 0 Å². The SMILES string of the molecule is CCn1nc(CC(NN)C2CC2C)c2ccccc21. The Morgan fingerprint density at radius 1 is 1.47 bits per heavy atom. The van der Waals surface area contributed by atoms with Crippen LogP contribution in [0.3, 0.4) is 0 Å². The van der Waals surface area contributed by atoms with Crippen molar-refractivity contribution in [2.45, 2.75) is 39.3 Å². The number of hydrazine groups is 1. The first-order valence-electron chi connectivity index (χ1n) is 7.15. The molecule has 3 rings (SSSR count). The average Bonchev–Trinajstić information content (AvgIpc) is 3.05. The van der Waals surface area contributed by atoms with Gasteiger partial charge in [0, 0.05) is 24.4 Å². The summed E-state index contributed by atoms with van der Waals surface area (Å²) in [7, 11) is 0. The van der Waals surface area contributed by atoms with Gasteiger partial charge in [-0.05, 0) is 31.2 Å². The first-order chi connectivity index (χ1) is 9.24. The summed E-state index contributed by atoms with van der Waals surface area (Å²) in [5, 5.41) is 6.01. The number of hydrogen-bond donors (Lipinski definition) is 2. The predicted molar refractivity (Wildman–Crippen MR) is 77.5 cm³/mol. The minimum absolute atomic E-state index is 0.346. The van der Waals surface area contributed by atoms with Crippen LogP contribution in [-0.4, -0.2) is 15.8 Å². The fourth-order valence-corrected chi connectivity index (χ4v) is 3.04. The number of nitrogens with zero attached hydrogens (tertiary/aromatic N) is 2. The lowest BCUT2D eigenvalue weighted by atomic mass is 10.0. The summed E-state index contributed by atoms with van der Waals surface area (Å²) < 4.78 is 2.08. The maximum atomic E-state index is 5.72. The summed E-state index contributed by atoms with van der Waals surface area (Å²) in [5.41, 5.74) is 5.37. The second-order valence-corrected chi connectivity index (χ2v) is 5.63. The van der Waals surface area contributed by atoms with Crippen molar-refractivity contribution in [2.75, 3.05) is 0 Å². The highest BCUT2D eigenvalue weighted by Gasteiger charge is 2.39. The third kappa shape index (κ3) is 2.26. The van der Waals surface area contributed by atoms with Crippen molar-refractivity contribution in [3.8, 4) is 0 Å². The number of para-hydroxylation sites is 1. The Labute approximate surface area is 113 Å². The molecule has 3 N–H and O–H groups in total. The number of nitrogens with two attached hydrogens (primary N) is 1. The van der Waals surface area contributed by atoms with Crippen molar-refractivity contribution < 1.29 is 0 Å². The van der Waals surface area contributed by atoms with Crippen LogP contribution in [0.2, 0.25) is 0 Å². The van der Waals surface area contributed by atoms with Crippen LogP contribution in [-0.2, 0) is 13.0 Å². The number of rotatable bonds is 5. The first kappa shape index (κ1) is 12.6. The Hall–Kier alpha value is -1.39. The number of hydrogen-bond acceptors (Lipinski definition) is 3. The van der Waals surface area contributed by atoms with Crippen LogP contribution in [0.15, 0.2) is 24.3 Å². The quantitative estimate of drug-likeness (QED) is 0.638. The van der Waals surface area contributed by atoms with Gasteiger partial charge in [0.2, 0.25) is 0 Å². The molecule has 1 aliphatic rings. The second kappa shape index (κ2) is 4.94. The zero-order chi connectivity index (χ0) is 13.4. The van der Waals surface area contributed by atoms with Crippen molar-refractivity contribution in [2.24, 2.45) is 17.7 Å². The molecule has 1 saturated carbocycles. The van der Waals surface area contributed by atoms with Crippen molar-refractivity contribution in [1.82, 2.24) is 15.2 Å². The molecule has 0 spiro atoms. The molecule has 0 aliphatic heterocycles. The standard InChI is InChI=1S/C15H22N4/c1-3-19-15-7-5-4-6-11(15)14(18-19)9-13(17-16)12-8-10(12)2/h4-7,10,12-13,17H,3,8-9,16H2,1-2H3. The van der Waals surface area contributed by atoms with E-state index in [1.807, 2.05) is 0 Å². The third-order valence-corrected chi connectivity index (χ3v) is 4.35. The third-order valence-electron chi connectivity index (χ3n) is 4.35. The number of aryl methyl sites for hydroxylation is 1. The van der Waals surface area contributed by atoms with Crippen LogP contribution in [0.1, 0.15) is 26.0 Å². The Morgan fingerprint density at radius 2 is 2.21 bits per heavy atom. The zero-order valence-corrected chi connectivity index (χ0v) is 11.6. The molecule has 1 fully saturated rings. The summed E-state index contributed by atoms with van der Waals surface area (Å²) in [6.07, 6.45) is 2.19. The topological polar surface area (TPSA) is 55.9 Å². The van der Waals surface area contributed by atoms with E-state index in [1.165, 1.54) is 23.0 Å². The minimum atomic E-state index is 0.346. The maximum absolute atomic E-state index is 5.72. The number of benzene rings is 1. The van der Waals surface area contributed by atoms with Crippen LogP contribution < -0.4 is 11.3 Å². The molecule has 1 aliphatic carbocycles. The lowest BCUT2D eigenvalue weighted by Gasteiger charge is -2.14. The Balaban J connectivity index is 1.91. The van der Waals surface area contributed by atoms with Gasteiger partial charge in [-0.25, -0.2) is 0 Å². The van der Waals surface area contributed by atoms with Crippen molar-refractivity contribution in [3.63, 3.8) is 0 Å². The van der Waals surface area contributed by atoms with Gasteiger partial charge < -0.3 is 0 Å². The van der Waals surface area contributed by atoms with E-state index in [1.54, 1.807) is 0 Å². The van der Waals surface area contributed by atoms with Crippen LogP contribution in [0, 0.1) is 11.8 Å². The molecule has 0 amide bonds. The predicted octanol–water partition coefficient (Wildman–Crippen LogP) is 2.09. The molecule has 4 nitrogen and oxygen atoms in total. The monoisotopic (exact) mass is 258 g/mol. The molecule has 1 aromatic heterocycles. The highest BCUT2D eigenvalue weighted by Crippen LogP contribution is 2.41. The molecular formula is C15H22N4. The van der Waals surface area contributed by atoms with Gasteiger partial charge in [0.15, 0.2) is 0 Å². The largest absolute Gasteiger partial charge is 0.271 e. The normalized spacial score (nSPS) is 23.7. The smallest absolute Gasteiger partial charge is 0.0719 e. The lowest BCUT2D eigenvalue weighted by Crippen LogP contribution is -2.39. The van der Waals surface area contributed by atoms with Gasteiger partial charge in [0.1, 0.15) is 0 Å². The number of fused-ring (bicyclic) bond motifs is 1. The van der Waals surface area contributed by atoms with Crippen molar-refractivity contribution in [3.05, 3.63) is 30.0 Å². The molecule has 3 unspecified atom stereocenters. The minimum Gasteiger partial charge on any atom is -0.271 e. The molecule has 2 aromatic rings. The summed E-state index contributed by atoms with van der Waals surface area (Å²) in [6, 6.07) is 8.80. The van der Waals surface area contributed by atoms with Crippen molar-refractivity contribution >= 4 is 10.9 Å². The molecule has 0 bridgehead atoms. The molecule has 19 heavy (non-hydrogen) atoms. The fourth-order valence-electron chi connectivity index (χ4n) is 3.04. The van der Waals surface area contributed by atoms with E-state index in [4.69, 9.17) is 10.9 Å². The fraction of sp³-hybridized carbons (Fsp3) is 0.533. The van der Waals surface area contributed by atoms with Crippen molar-refractivity contribution in [1.29, 1.82) is 0 Å². The van der Waals surface area contributed by atoms with E-state index < -0.39 is 0 Å². The first-order valence-corrected chi connectivity index (χ1v) is 7.15. The summed E-state index contributed by atoms with van der Waals surface area (Å²) in [5.74, 6) is 7.22. The van der Waals surface area contributed by atoms with E-state index in [-0.39, 0.29) is 0 Å². The van der Waals surface area contributed by atoms with Gasteiger partial charge in [-0.2, -0.15) is 5.10 Å². The number of nitrogens with one attached hydrogen (secondary N) is 1. The van der Waals surface area contributed by atoms with Crippen LogP contribution in [0.25, 0.3) is 10.9 Å². The Kier molecular flexibility index (Phi) is 3.29. The second-order valence-electron chi connectivity index (χ2n) is 5.63. The zero-order valence-electron chi connectivity index (χ0n) is 11.6. The Morgan fingerprint density at radius 3 is 2.84 bits per heavy atom. The molecule has 1 aromatic carbocycles. The highest BCUT2D eigenvalue weighted by atomic mass is 15.3. The summed E-state index contributed by atoms with van der Waals surface area (Å²) in [6.45, 7) is 5.32. The molecule has 102 valence electrons. The van der Waals surface area contributed by atoms with Gasteiger partial charge in [0.05, 0.1) is 11.2 Å².